The zero-order valence-corrected chi connectivity index (χ0v) is 8.76. The lowest BCUT2D eigenvalue weighted by atomic mass is 10.1. The fourth-order valence-corrected chi connectivity index (χ4v) is 0.911. The number of carboxylic acid groups (broad SMARTS) is 1. The number of carboxylic acids is 1. The number of carbonyl (C=O) groups is 1. The highest BCUT2D eigenvalue weighted by Crippen LogP contribution is 2.14. The van der Waals surface area contributed by atoms with Crippen molar-refractivity contribution < 1.29 is 15.0 Å². The van der Waals surface area contributed by atoms with Gasteiger partial charge in [-0.25, -0.2) is 0 Å². The topological polar surface area (TPSA) is 83.5 Å². The Morgan fingerprint density at radius 2 is 1.87 bits per heavy atom. The molecule has 1 rings (SSSR count). The summed E-state index contributed by atoms with van der Waals surface area (Å²) >= 11 is 0. The van der Waals surface area contributed by atoms with Crippen LogP contribution in [0.5, 0.6) is 0 Å². The van der Waals surface area contributed by atoms with Crippen LogP contribution in [0.1, 0.15) is 25.0 Å². The third kappa shape index (κ3) is 6.65. The third-order valence-corrected chi connectivity index (χ3v) is 1.75. The first-order chi connectivity index (χ1) is 7.11. The van der Waals surface area contributed by atoms with Gasteiger partial charge < -0.3 is 15.9 Å². The van der Waals surface area contributed by atoms with Gasteiger partial charge in [0, 0.05) is 0 Å². The molecule has 0 fully saturated rings. The first kappa shape index (κ1) is 13.6. The quantitative estimate of drug-likeness (QED) is 0.700. The molecule has 4 heteroatoms. The number of aliphatic hydroxyl groups excluding tert-OH is 1. The van der Waals surface area contributed by atoms with E-state index in [-0.39, 0.29) is 12.6 Å². The Hall–Kier alpha value is -1.39. The van der Waals surface area contributed by atoms with Crippen molar-refractivity contribution in [2.75, 3.05) is 6.54 Å². The predicted octanol–water partition coefficient (Wildman–Crippen LogP) is 1.16. The van der Waals surface area contributed by atoms with E-state index < -0.39 is 5.97 Å². The molecule has 4 N–H and O–H groups in total. The van der Waals surface area contributed by atoms with Gasteiger partial charge >= 0.3 is 5.97 Å². The summed E-state index contributed by atoms with van der Waals surface area (Å²) in [6.45, 7) is 1.69. The van der Waals surface area contributed by atoms with Gasteiger partial charge in [-0.1, -0.05) is 37.3 Å². The summed E-state index contributed by atoms with van der Waals surface area (Å²) in [6, 6.07) is 9.70. The summed E-state index contributed by atoms with van der Waals surface area (Å²) in [7, 11) is 0. The summed E-state index contributed by atoms with van der Waals surface area (Å²) < 4.78 is 0. The van der Waals surface area contributed by atoms with E-state index in [9.17, 15) is 9.90 Å². The molecule has 0 bridgehead atoms. The molecule has 0 heterocycles. The Morgan fingerprint density at radius 1 is 1.40 bits per heavy atom. The normalized spacial score (nSPS) is 11.1. The first-order valence-electron chi connectivity index (χ1n) is 4.76. The van der Waals surface area contributed by atoms with Crippen LogP contribution < -0.4 is 5.73 Å². The van der Waals surface area contributed by atoms with Gasteiger partial charge in [0.2, 0.25) is 0 Å². The maximum atomic E-state index is 9.33. The molecule has 84 valence electrons. The van der Waals surface area contributed by atoms with Crippen LogP contribution in [0.2, 0.25) is 0 Å². The minimum absolute atomic E-state index is 0.278. The van der Waals surface area contributed by atoms with E-state index in [1.165, 1.54) is 0 Å². The van der Waals surface area contributed by atoms with Crippen LogP contribution in [-0.4, -0.2) is 22.7 Å². The Labute approximate surface area is 89.4 Å². The molecule has 0 aromatic heterocycles. The highest BCUT2D eigenvalue weighted by Gasteiger charge is 2.00. The fraction of sp³-hybridized carbons (Fsp3) is 0.364. The Bertz CT molecular complexity index is 274. The minimum Gasteiger partial charge on any atom is -0.480 e. The van der Waals surface area contributed by atoms with Crippen LogP contribution in [0.25, 0.3) is 0 Å². The second-order valence-electron chi connectivity index (χ2n) is 2.93. The van der Waals surface area contributed by atoms with Gasteiger partial charge in [0.05, 0.1) is 12.6 Å². The zero-order valence-electron chi connectivity index (χ0n) is 8.76. The maximum absolute atomic E-state index is 9.33. The summed E-state index contributed by atoms with van der Waals surface area (Å²) in [5.41, 5.74) is 5.58. The molecule has 0 aliphatic rings. The highest BCUT2D eigenvalue weighted by molar-refractivity contribution is 5.68. The lowest BCUT2D eigenvalue weighted by Crippen LogP contribution is -2.10. The zero-order chi connectivity index (χ0) is 11.7. The lowest BCUT2D eigenvalue weighted by Gasteiger charge is -2.05. The number of aliphatic carboxylic acids is 1. The van der Waals surface area contributed by atoms with E-state index in [1.54, 1.807) is 0 Å². The van der Waals surface area contributed by atoms with Crippen molar-refractivity contribution in [1.29, 1.82) is 0 Å². The SMILES string of the molecule is CCC(O)c1ccccc1.NCC(=O)O. The molecule has 1 atom stereocenters. The molecular weight excluding hydrogens is 194 g/mol. The van der Waals surface area contributed by atoms with Crippen molar-refractivity contribution in [2.45, 2.75) is 19.4 Å². The fourth-order valence-electron chi connectivity index (χ4n) is 0.911. The van der Waals surface area contributed by atoms with Crippen LogP contribution in [-0.2, 0) is 4.79 Å². The Morgan fingerprint density at radius 3 is 2.20 bits per heavy atom. The second kappa shape index (κ2) is 7.96. The molecule has 0 aliphatic carbocycles. The van der Waals surface area contributed by atoms with Crippen molar-refractivity contribution in [3.63, 3.8) is 0 Å². The number of benzene rings is 1. The third-order valence-electron chi connectivity index (χ3n) is 1.75. The van der Waals surface area contributed by atoms with Crippen LogP contribution in [0.15, 0.2) is 30.3 Å². The van der Waals surface area contributed by atoms with E-state index >= 15 is 0 Å². The number of aliphatic hydroxyl groups is 1. The number of nitrogens with two attached hydrogens (primary N) is 1. The molecule has 4 nitrogen and oxygen atoms in total. The number of hydrogen-bond acceptors (Lipinski definition) is 3. The van der Waals surface area contributed by atoms with E-state index in [1.807, 2.05) is 37.3 Å². The summed E-state index contributed by atoms with van der Waals surface area (Å²) in [5, 5.41) is 16.9. The average molecular weight is 211 g/mol. The molecule has 0 aliphatic heterocycles. The molecule has 15 heavy (non-hydrogen) atoms. The Kier molecular flexibility index (Phi) is 7.23. The van der Waals surface area contributed by atoms with Crippen LogP contribution in [0, 0.1) is 0 Å². The molecule has 1 aromatic rings. The Balaban J connectivity index is 0.000000336. The maximum Gasteiger partial charge on any atom is 0.317 e. The van der Waals surface area contributed by atoms with Gasteiger partial charge in [-0.3, -0.25) is 4.79 Å². The predicted molar refractivity (Wildman–Crippen MR) is 58.4 cm³/mol. The van der Waals surface area contributed by atoms with Crippen molar-refractivity contribution in [3.05, 3.63) is 35.9 Å². The molecule has 0 saturated heterocycles. The largest absolute Gasteiger partial charge is 0.480 e. The van der Waals surface area contributed by atoms with Gasteiger partial charge in [-0.2, -0.15) is 0 Å². The minimum atomic E-state index is -0.968. The number of rotatable bonds is 3. The van der Waals surface area contributed by atoms with Gasteiger partial charge in [0.15, 0.2) is 0 Å². The van der Waals surface area contributed by atoms with E-state index in [2.05, 4.69) is 5.73 Å². The molecule has 1 aromatic carbocycles. The smallest absolute Gasteiger partial charge is 0.317 e. The molecular formula is C11H17NO3. The van der Waals surface area contributed by atoms with E-state index in [0.29, 0.717) is 0 Å². The monoisotopic (exact) mass is 211 g/mol. The average Bonchev–Trinajstić information content (AvgIpc) is 2.30. The van der Waals surface area contributed by atoms with Crippen LogP contribution >= 0.6 is 0 Å². The first-order valence-corrected chi connectivity index (χ1v) is 4.76. The van der Waals surface area contributed by atoms with Gasteiger partial charge in [-0.15, -0.1) is 0 Å². The molecule has 0 amide bonds. The molecule has 0 spiro atoms. The van der Waals surface area contributed by atoms with E-state index in [4.69, 9.17) is 5.11 Å². The van der Waals surface area contributed by atoms with Crippen molar-refractivity contribution in [2.24, 2.45) is 5.73 Å². The summed E-state index contributed by atoms with van der Waals surface area (Å²) in [5.74, 6) is -0.968. The van der Waals surface area contributed by atoms with Crippen LogP contribution in [0.3, 0.4) is 0 Å². The van der Waals surface area contributed by atoms with Crippen LogP contribution in [0.4, 0.5) is 0 Å². The molecule has 0 radical (unpaired) electrons. The van der Waals surface area contributed by atoms with Gasteiger partial charge in [0.1, 0.15) is 0 Å². The molecule has 1 unspecified atom stereocenters. The summed E-state index contributed by atoms with van der Waals surface area (Å²) in [6.07, 6.45) is 0.491. The highest BCUT2D eigenvalue weighted by atomic mass is 16.4. The van der Waals surface area contributed by atoms with E-state index in [0.717, 1.165) is 12.0 Å². The second-order valence-corrected chi connectivity index (χ2v) is 2.93. The van der Waals surface area contributed by atoms with Crippen molar-refractivity contribution in [3.8, 4) is 0 Å². The number of hydrogen-bond donors (Lipinski definition) is 3. The van der Waals surface area contributed by atoms with Crippen molar-refractivity contribution >= 4 is 5.97 Å². The lowest BCUT2D eigenvalue weighted by molar-refractivity contribution is -0.135. The molecule has 0 saturated carbocycles. The van der Waals surface area contributed by atoms with Crippen molar-refractivity contribution in [1.82, 2.24) is 0 Å². The van der Waals surface area contributed by atoms with Gasteiger partial charge in [-0.05, 0) is 12.0 Å². The summed E-state index contributed by atoms with van der Waals surface area (Å²) in [4.78, 5) is 9.24. The standard InChI is InChI=1S/C9H12O.C2H5NO2/c1-2-9(10)8-6-4-3-5-7-8;3-1-2(4)5/h3-7,9-10H,2H2,1H3;1,3H2,(H,4,5). The van der Waals surface area contributed by atoms with Gasteiger partial charge in [0.25, 0.3) is 0 Å².